The number of aryl methyl sites for hydroxylation is 1. The van der Waals surface area contributed by atoms with Crippen molar-refractivity contribution in [2.24, 2.45) is 0 Å². The second-order valence-corrected chi connectivity index (χ2v) is 6.21. The van der Waals surface area contributed by atoms with Crippen LogP contribution in [-0.2, 0) is 6.42 Å². The first-order valence-electron chi connectivity index (χ1n) is 8.69. The van der Waals surface area contributed by atoms with Gasteiger partial charge in [-0.15, -0.1) is 0 Å². The van der Waals surface area contributed by atoms with Crippen molar-refractivity contribution < 1.29 is 4.79 Å². The molecule has 0 aliphatic rings. The number of anilines is 1. The van der Waals surface area contributed by atoms with E-state index >= 15 is 0 Å². The van der Waals surface area contributed by atoms with Crippen molar-refractivity contribution in [2.75, 3.05) is 5.32 Å². The number of H-pyrrole nitrogens is 1. The quantitative estimate of drug-likeness (QED) is 0.651. The molecule has 1 heterocycles. The maximum Gasteiger partial charge on any atom is 0.261 e. The number of pyridine rings is 1. The van der Waals surface area contributed by atoms with Crippen molar-refractivity contribution >= 4 is 22.5 Å². The van der Waals surface area contributed by atoms with Crippen LogP contribution in [0.25, 0.3) is 10.9 Å². The third-order valence-corrected chi connectivity index (χ3v) is 4.28. The minimum absolute atomic E-state index is 0.116. The smallest absolute Gasteiger partial charge is 0.261 e. The molecule has 0 saturated carbocycles. The average molecular weight is 334 g/mol. The lowest BCUT2D eigenvalue weighted by atomic mass is 10.1. The zero-order valence-electron chi connectivity index (χ0n) is 14.3. The van der Waals surface area contributed by atoms with E-state index in [1.165, 1.54) is 24.8 Å². The van der Waals surface area contributed by atoms with Gasteiger partial charge in [0, 0.05) is 11.2 Å². The van der Waals surface area contributed by atoms with Crippen molar-refractivity contribution in [3.63, 3.8) is 0 Å². The zero-order chi connectivity index (χ0) is 17.6. The van der Waals surface area contributed by atoms with E-state index in [-0.39, 0.29) is 11.1 Å². The first kappa shape index (κ1) is 17.0. The molecule has 4 heteroatoms. The summed E-state index contributed by atoms with van der Waals surface area (Å²) in [5.41, 5.74) is 2.41. The number of carbonyl (C=O) groups is 1. The molecule has 1 amide bonds. The molecule has 0 radical (unpaired) electrons. The van der Waals surface area contributed by atoms with Crippen molar-refractivity contribution in [3.8, 4) is 0 Å². The van der Waals surface area contributed by atoms with Gasteiger partial charge < -0.3 is 10.3 Å². The van der Waals surface area contributed by atoms with E-state index in [1.807, 2.05) is 48.5 Å². The number of para-hydroxylation sites is 1. The topological polar surface area (TPSA) is 62.0 Å². The molecule has 1 aromatic heterocycles. The van der Waals surface area contributed by atoms with Gasteiger partial charge in [0.2, 0.25) is 0 Å². The molecular weight excluding hydrogens is 312 g/mol. The van der Waals surface area contributed by atoms with Gasteiger partial charge in [0.15, 0.2) is 0 Å². The molecule has 0 saturated heterocycles. The molecular formula is C21H22N2O2. The second-order valence-electron chi connectivity index (χ2n) is 6.21. The van der Waals surface area contributed by atoms with E-state index in [1.54, 1.807) is 6.07 Å². The van der Waals surface area contributed by atoms with Gasteiger partial charge in [0.05, 0.1) is 0 Å². The van der Waals surface area contributed by atoms with Crippen molar-refractivity contribution in [1.29, 1.82) is 0 Å². The lowest BCUT2D eigenvalue weighted by molar-refractivity contribution is 0.102. The number of fused-ring (bicyclic) bond motifs is 1. The number of carbonyl (C=O) groups excluding carboxylic acids is 1. The zero-order valence-corrected chi connectivity index (χ0v) is 14.3. The van der Waals surface area contributed by atoms with Crippen LogP contribution < -0.4 is 10.9 Å². The molecule has 128 valence electrons. The molecule has 0 spiro atoms. The predicted molar refractivity (Wildman–Crippen MR) is 102 cm³/mol. The van der Waals surface area contributed by atoms with Crippen LogP contribution >= 0.6 is 0 Å². The summed E-state index contributed by atoms with van der Waals surface area (Å²) in [7, 11) is 0. The SMILES string of the molecule is CCCCCc1ccc(NC(=O)c2cc3ccccc3[nH]c2=O)cc1. The van der Waals surface area contributed by atoms with Gasteiger partial charge in [-0.05, 0) is 48.1 Å². The Labute approximate surface area is 146 Å². The highest BCUT2D eigenvalue weighted by atomic mass is 16.2. The van der Waals surface area contributed by atoms with Crippen LogP contribution in [0.1, 0.15) is 42.1 Å². The molecule has 25 heavy (non-hydrogen) atoms. The minimum atomic E-state index is -0.397. The van der Waals surface area contributed by atoms with Crippen LogP contribution in [0.4, 0.5) is 5.69 Å². The van der Waals surface area contributed by atoms with Crippen LogP contribution in [0.2, 0.25) is 0 Å². The van der Waals surface area contributed by atoms with Gasteiger partial charge in [-0.1, -0.05) is 50.1 Å². The standard InChI is InChI=1S/C21H22N2O2/c1-2-3-4-7-15-10-12-17(13-11-15)22-20(24)18-14-16-8-5-6-9-19(16)23-21(18)25/h5-6,8-14H,2-4,7H2,1H3,(H,22,24)(H,23,25). The summed E-state index contributed by atoms with van der Waals surface area (Å²) in [6.45, 7) is 2.19. The molecule has 3 rings (SSSR count). The van der Waals surface area contributed by atoms with Crippen LogP contribution in [0.3, 0.4) is 0 Å². The van der Waals surface area contributed by atoms with Gasteiger partial charge in [-0.2, -0.15) is 0 Å². The first-order valence-corrected chi connectivity index (χ1v) is 8.69. The molecule has 3 aromatic rings. The van der Waals surface area contributed by atoms with Gasteiger partial charge in [-0.3, -0.25) is 9.59 Å². The number of nitrogens with one attached hydrogen (secondary N) is 2. The molecule has 0 bridgehead atoms. The summed E-state index contributed by atoms with van der Waals surface area (Å²) in [6, 6.07) is 16.8. The molecule has 2 N–H and O–H groups in total. The van der Waals surface area contributed by atoms with E-state index in [2.05, 4.69) is 17.2 Å². The predicted octanol–water partition coefficient (Wildman–Crippen LogP) is 4.51. The summed E-state index contributed by atoms with van der Waals surface area (Å²) < 4.78 is 0. The normalized spacial score (nSPS) is 10.8. The Bertz CT molecular complexity index is 927. The highest BCUT2D eigenvalue weighted by molar-refractivity contribution is 6.05. The van der Waals surface area contributed by atoms with E-state index in [9.17, 15) is 9.59 Å². The Morgan fingerprint density at radius 3 is 2.56 bits per heavy atom. The van der Waals surface area contributed by atoms with Crippen LogP contribution in [0, 0.1) is 0 Å². The Morgan fingerprint density at radius 1 is 1.04 bits per heavy atom. The fourth-order valence-corrected chi connectivity index (χ4v) is 2.85. The molecule has 0 unspecified atom stereocenters. The summed E-state index contributed by atoms with van der Waals surface area (Å²) >= 11 is 0. The molecule has 0 aliphatic heterocycles. The Kier molecular flexibility index (Phi) is 5.29. The van der Waals surface area contributed by atoms with Crippen LogP contribution in [0.15, 0.2) is 59.4 Å². The number of amides is 1. The molecule has 0 aliphatic carbocycles. The third-order valence-electron chi connectivity index (χ3n) is 4.28. The Hall–Kier alpha value is -2.88. The largest absolute Gasteiger partial charge is 0.322 e. The van der Waals surface area contributed by atoms with Crippen molar-refractivity contribution in [1.82, 2.24) is 4.98 Å². The first-order chi connectivity index (χ1) is 12.2. The monoisotopic (exact) mass is 334 g/mol. The van der Waals surface area contributed by atoms with E-state index in [4.69, 9.17) is 0 Å². The van der Waals surface area contributed by atoms with E-state index in [0.29, 0.717) is 5.69 Å². The maximum atomic E-state index is 12.4. The summed E-state index contributed by atoms with van der Waals surface area (Å²) in [6.07, 6.45) is 4.65. The number of aromatic amines is 1. The van der Waals surface area contributed by atoms with Gasteiger partial charge in [0.25, 0.3) is 11.5 Å². The van der Waals surface area contributed by atoms with Crippen molar-refractivity contribution in [3.05, 3.63) is 76.1 Å². The van der Waals surface area contributed by atoms with Crippen molar-refractivity contribution in [2.45, 2.75) is 32.6 Å². The maximum absolute atomic E-state index is 12.4. The highest BCUT2D eigenvalue weighted by Gasteiger charge is 2.12. The molecule has 4 nitrogen and oxygen atoms in total. The number of hydrogen-bond acceptors (Lipinski definition) is 2. The number of benzene rings is 2. The summed E-state index contributed by atoms with van der Waals surface area (Å²) in [5.74, 6) is -0.397. The number of rotatable bonds is 6. The lowest BCUT2D eigenvalue weighted by Crippen LogP contribution is -2.23. The van der Waals surface area contributed by atoms with Crippen LogP contribution in [-0.4, -0.2) is 10.9 Å². The summed E-state index contributed by atoms with van der Waals surface area (Å²) in [4.78, 5) is 27.3. The fourth-order valence-electron chi connectivity index (χ4n) is 2.85. The Balaban J connectivity index is 1.74. The minimum Gasteiger partial charge on any atom is -0.322 e. The fraction of sp³-hybridized carbons (Fsp3) is 0.238. The van der Waals surface area contributed by atoms with Gasteiger partial charge in [0.1, 0.15) is 5.56 Å². The van der Waals surface area contributed by atoms with Crippen LogP contribution in [0.5, 0.6) is 0 Å². The number of hydrogen-bond donors (Lipinski definition) is 2. The van der Waals surface area contributed by atoms with Gasteiger partial charge >= 0.3 is 0 Å². The lowest BCUT2D eigenvalue weighted by Gasteiger charge is -2.07. The van der Waals surface area contributed by atoms with E-state index in [0.717, 1.165) is 17.3 Å². The second kappa shape index (κ2) is 7.79. The summed E-state index contributed by atoms with van der Waals surface area (Å²) in [5, 5.41) is 3.63. The Morgan fingerprint density at radius 2 is 1.80 bits per heavy atom. The molecule has 2 aromatic carbocycles. The molecule has 0 atom stereocenters. The molecule has 0 fully saturated rings. The number of aromatic nitrogens is 1. The third kappa shape index (κ3) is 4.15. The highest BCUT2D eigenvalue weighted by Crippen LogP contribution is 2.14. The van der Waals surface area contributed by atoms with Gasteiger partial charge in [-0.25, -0.2) is 0 Å². The number of unbranched alkanes of at least 4 members (excludes halogenated alkanes) is 2. The van der Waals surface area contributed by atoms with E-state index < -0.39 is 5.91 Å². The average Bonchev–Trinajstić information content (AvgIpc) is 2.62.